The summed E-state index contributed by atoms with van der Waals surface area (Å²) in [7, 11) is 0. The minimum Gasteiger partial charge on any atom is -0.464 e. The van der Waals surface area contributed by atoms with E-state index in [0.717, 1.165) is 22.2 Å². The lowest BCUT2D eigenvalue weighted by atomic mass is 10.2. The number of benzene rings is 4. The van der Waals surface area contributed by atoms with Crippen LogP contribution in [0.5, 0.6) is 0 Å². The summed E-state index contributed by atoms with van der Waals surface area (Å²) in [6.45, 7) is 0. The maximum absolute atomic E-state index is 11.9. The van der Waals surface area contributed by atoms with Gasteiger partial charge in [0.15, 0.2) is 0 Å². The van der Waals surface area contributed by atoms with Crippen LogP contribution in [0.25, 0.3) is 0 Å². The van der Waals surface area contributed by atoms with Gasteiger partial charge in [-0.2, -0.15) is 20.5 Å². The number of rotatable bonds is 8. The highest BCUT2D eigenvalue weighted by atomic mass is 16.4. The molecular formula is C28H22N6O4. The van der Waals surface area contributed by atoms with Crippen molar-refractivity contribution in [3.63, 3.8) is 0 Å². The summed E-state index contributed by atoms with van der Waals surface area (Å²) in [4.78, 5) is 25.6. The highest BCUT2D eigenvalue weighted by Crippen LogP contribution is 2.25. The first-order valence-corrected chi connectivity index (χ1v) is 11.4. The Morgan fingerprint density at radius 3 is 1.05 bits per heavy atom. The molecule has 0 spiro atoms. The van der Waals surface area contributed by atoms with Gasteiger partial charge in [0.2, 0.25) is 0 Å². The Hall–Kier alpha value is -5.64. The lowest BCUT2D eigenvalue weighted by Crippen LogP contribution is -2.27. The SMILES string of the molecule is O=C(O)N(/C=C/N(C(=O)O)c1ccc(N=Nc2ccccc2)cc1)c1ccc(N=Nc2ccccc2)cc1. The van der Waals surface area contributed by atoms with Crippen molar-refractivity contribution in [3.8, 4) is 0 Å². The lowest BCUT2D eigenvalue weighted by Gasteiger charge is -2.18. The van der Waals surface area contributed by atoms with E-state index in [1.165, 1.54) is 0 Å². The normalized spacial score (nSPS) is 11.3. The van der Waals surface area contributed by atoms with Gasteiger partial charge in [-0.15, -0.1) is 0 Å². The van der Waals surface area contributed by atoms with Crippen LogP contribution >= 0.6 is 0 Å². The average molecular weight is 507 g/mol. The molecule has 0 atom stereocenters. The summed E-state index contributed by atoms with van der Waals surface area (Å²) in [5.74, 6) is 0. The van der Waals surface area contributed by atoms with Crippen LogP contribution in [0.2, 0.25) is 0 Å². The molecule has 4 aromatic carbocycles. The standard InChI is InChI=1S/C28H22N6O4/c35-27(36)33(25-15-11-23(12-16-25)31-29-21-7-3-1-4-8-21)19-20-34(28(37)38)26-17-13-24(14-18-26)32-30-22-9-5-2-6-10-22/h1-20H,(H,35,36)(H,37,38)/b20-19+,31-29?,32-30?. The van der Waals surface area contributed by atoms with Crippen LogP contribution in [0, 0.1) is 0 Å². The van der Waals surface area contributed by atoms with E-state index in [1.807, 2.05) is 60.7 Å². The van der Waals surface area contributed by atoms with Crippen LogP contribution in [0.3, 0.4) is 0 Å². The third-order valence-corrected chi connectivity index (χ3v) is 5.11. The Kier molecular flexibility index (Phi) is 8.28. The molecule has 4 aromatic rings. The van der Waals surface area contributed by atoms with Crippen molar-refractivity contribution in [1.29, 1.82) is 0 Å². The molecule has 38 heavy (non-hydrogen) atoms. The highest BCUT2D eigenvalue weighted by molar-refractivity contribution is 5.91. The molecule has 0 unspecified atom stereocenters. The Bertz CT molecular complexity index is 1340. The van der Waals surface area contributed by atoms with Crippen LogP contribution < -0.4 is 9.80 Å². The predicted octanol–water partition coefficient (Wildman–Crippen LogP) is 8.66. The third kappa shape index (κ3) is 6.95. The maximum atomic E-state index is 11.9. The molecule has 0 heterocycles. The Morgan fingerprint density at radius 1 is 0.474 bits per heavy atom. The van der Waals surface area contributed by atoms with Crippen molar-refractivity contribution in [2.45, 2.75) is 0 Å². The van der Waals surface area contributed by atoms with Crippen LogP contribution in [0.15, 0.2) is 142 Å². The van der Waals surface area contributed by atoms with Gasteiger partial charge in [0, 0.05) is 12.4 Å². The molecule has 4 rings (SSSR count). The van der Waals surface area contributed by atoms with E-state index >= 15 is 0 Å². The van der Waals surface area contributed by atoms with Crippen LogP contribution in [-0.4, -0.2) is 22.4 Å². The smallest absolute Gasteiger partial charge is 0.416 e. The first-order valence-electron chi connectivity index (χ1n) is 11.4. The molecule has 0 saturated carbocycles. The van der Waals surface area contributed by atoms with Gasteiger partial charge in [0.05, 0.1) is 34.1 Å². The third-order valence-electron chi connectivity index (χ3n) is 5.11. The van der Waals surface area contributed by atoms with Crippen molar-refractivity contribution in [2.75, 3.05) is 9.80 Å². The number of amides is 2. The second kappa shape index (κ2) is 12.4. The van der Waals surface area contributed by atoms with Gasteiger partial charge in [0.25, 0.3) is 0 Å². The van der Waals surface area contributed by atoms with Gasteiger partial charge in [-0.3, -0.25) is 9.80 Å². The zero-order valence-corrected chi connectivity index (χ0v) is 19.9. The van der Waals surface area contributed by atoms with Gasteiger partial charge in [-0.1, -0.05) is 36.4 Å². The molecule has 0 bridgehead atoms. The highest BCUT2D eigenvalue weighted by Gasteiger charge is 2.15. The van der Waals surface area contributed by atoms with E-state index in [9.17, 15) is 19.8 Å². The zero-order chi connectivity index (χ0) is 26.7. The quantitative estimate of drug-likeness (QED) is 0.231. The molecule has 0 radical (unpaired) electrons. The first kappa shape index (κ1) is 25.5. The molecular weight excluding hydrogens is 484 g/mol. The van der Waals surface area contributed by atoms with Gasteiger partial charge in [0.1, 0.15) is 0 Å². The van der Waals surface area contributed by atoms with E-state index in [4.69, 9.17) is 0 Å². The number of carboxylic acid groups (broad SMARTS) is 2. The minimum atomic E-state index is -1.29. The number of hydrogen-bond acceptors (Lipinski definition) is 6. The van der Waals surface area contributed by atoms with Gasteiger partial charge in [-0.25, -0.2) is 9.59 Å². The second-order valence-electron chi connectivity index (χ2n) is 7.71. The summed E-state index contributed by atoms with van der Waals surface area (Å²) in [5, 5.41) is 35.9. The van der Waals surface area contributed by atoms with Crippen LogP contribution in [0.1, 0.15) is 0 Å². The summed E-state index contributed by atoms with van der Waals surface area (Å²) >= 11 is 0. The molecule has 10 heteroatoms. The summed E-state index contributed by atoms with van der Waals surface area (Å²) < 4.78 is 0. The number of hydrogen-bond donors (Lipinski definition) is 2. The Balaban J connectivity index is 1.48. The lowest BCUT2D eigenvalue weighted by molar-refractivity contribution is 0.202. The topological polar surface area (TPSA) is 131 Å². The van der Waals surface area contributed by atoms with E-state index < -0.39 is 12.2 Å². The molecule has 0 aliphatic carbocycles. The molecule has 188 valence electrons. The van der Waals surface area contributed by atoms with Crippen LogP contribution in [-0.2, 0) is 0 Å². The fraction of sp³-hybridized carbons (Fsp3) is 0. The van der Waals surface area contributed by atoms with Crippen LogP contribution in [0.4, 0.5) is 43.7 Å². The van der Waals surface area contributed by atoms with Gasteiger partial charge >= 0.3 is 12.2 Å². The molecule has 0 aliphatic heterocycles. The second-order valence-corrected chi connectivity index (χ2v) is 7.71. The van der Waals surface area contributed by atoms with E-state index in [2.05, 4.69) is 20.5 Å². The molecule has 0 saturated heterocycles. The number of anilines is 2. The van der Waals surface area contributed by atoms with E-state index in [-0.39, 0.29) is 0 Å². The number of carbonyl (C=O) groups is 2. The number of azo groups is 2. The monoisotopic (exact) mass is 506 g/mol. The molecule has 2 N–H and O–H groups in total. The molecule has 0 aliphatic rings. The summed E-state index contributed by atoms with van der Waals surface area (Å²) in [5.41, 5.74) is 3.04. The van der Waals surface area contributed by atoms with Crippen molar-refractivity contribution in [2.24, 2.45) is 20.5 Å². The average Bonchev–Trinajstić information content (AvgIpc) is 2.95. The van der Waals surface area contributed by atoms with Crippen molar-refractivity contribution in [1.82, 2.24) is 0 Å². The van der Waals surface area contributed by atoms with Crippen molar-refractivity contribution >= 4 is 46.3 Å². The van der Waals surface area contributed by atoms with Gasteiger partial charge in [-0.05, 0) is 72.8 Å². The largest absolute Gasteiger partial charge is 0.464 e. The van der Waals surface area contributed by atoms with Crippen molar-refractivity contribution in [3.05, 3.63) is 122 Å². The van der Waals surface area contributed by atoms with Gasteiger partial charge < -0.3 is 10.2 Å². The minimum absolute atomic E-state index is 0.300. The molecule has 0 aromatic heterocycles. The maximum Gasteiger partial charge on any atom is 0.416 e. The molecule has 10 nitrogen and oxygen atoms in total. The van der Waals surface area contributed by atoms with E-state index in [1.54, 1.807) is 48.5 Å². The Labute approximate surface area is 218 Å². The molecule has 0 fully saturated rings. The first-order chi connectivity index (χ1) is 18.5. The zero-order valence-electron chi connectivity index (χ0n) is 19.9. The Morgan fingerprint density at radius 2 is 0.763 bits per heavy atom. The van der Waals surface area contributed by atoms with Crippen molar-refractivity contribution < 1.29 is 19.8 Å². The predicted molar refractivity (Wildman–Crippen MR) is 144 cm³/mol. The summed E-state index contributed by atoms with van der Waals surface area (Å²) in [6.07, 6.45) is -0.274. The van der Waals surface area contributed by atoms with E-state index in [0.29, 0.717) is 34.1 Å². The fourth-order valence-corrected chi connectivity index (χ4v) is 3.23. The number of nitrogens with zero attached hydrogens (tertiary/aromatic N) is 6. The summed E-state index contributed by atoms with van der Waals surface area (Å²) in [6, 6.07) is 31.0. The molecule has 2 amide bonds. The fourth-order valence-electron chi connectivity index (χ4n) is 3.23.